The maximum absolute atomic E-state index is 12.5. The van der Waals surface area contributed by atoms with Gasteiger partial charge in [-0.05, 0) is 44.0 Å². The molecule has 7 heteroatoms. The van der Waals surface area contributed by atoms with E-state index in [9.17, 15) is 4.79 Å². The third kappa shape index (κ3) is 3.95. The molecule has 162 valence electrons. The molecule has 0 saturated heterocycles. The summed E-state index contributed by atoms with van der Waals surface area (Å²) in [6.45, 7) is 6.53. The number of aromatic nitrogens is 3. The van der Waals surface area contributed by atoms with Gasteiger partial charge >= 0.3 is 0 Å². The maximum Gasteiger partial charge on any atom is 0.222 e. The Morgan fingerprint density at radius 3 is 2.61 bits per heavy atom. The average Bonchev–Trinajstić information content (AvgIpc) is 3.11. The first-order valence-corrected chi connectivity index (χ1v) is 10.6. The van der Waals surface area contributed by atoms with E-state index in [1.54, 1.807) is 7.11 Å². The lowest BCUT2D eigenvalue weighted by molar-refractivity contribution is -0.121. The van der Waals surface area contributed by atoms with E-state index >= 15 is 0 Å². The molecule has 1 aromatic heterocycles. The van der Waals surface area contributed by atoms with Gasteiger partial charge in [-0.25, -0.2) is 0 Å². The summed E-state index contributed by atoms with van der Waals surface area (Å²) in [5, 5.41) is 11.6. The monoisotopic (exact) mass is 419 g/mol. The number of carbonyl (C=O) groups is 1. The molecular weight excluding hydrogens is 390 g/mol. The highest BCUT2D eigenvalue weighted by Gasteiger charge is 2.29. The highest BCUT2D eigenvalue weighted by Crippen LogP contribution is 2.34. The van der Waals surface area contributed by atoms with E-state index in [1.807, 2.05) is 36.6 Å². The normalized spacial score (nSPS) is 14.8. The number of rotatable bonds is 6. The molecule has 0 bridgehead atoms. The molecule has 2 heterocycles. The van der Waals surface area contributed by atoms with E-state index < -0.39 is 6.04 Å². The van der Waals surface area contributed by atoms with Gasteiger partial charge in [0.1, 0.15) is 17.6 Å². The summed E-state index contributed by atoms with van der Waals surface area (Å²) in [6, 6.07) is 13.9. The van der Waals surface area contributed by atoms with Crippen LogP contribution in [0.5, 0.6) is 5.75 Å². The summed E-state index contributed by atoms with van der Waals surface area (Å²) in [5.74, 6) is 2.09. The fourth-order valence-electron chi connectivity index (χ4n) is 3.91. The first-order valence-electron chi connectivity index (χ1n) is 10.6. The van der Waals surface area contributed by atoms with Crippen molar-refractivity contribution in [2.75, 3.05) is 13.7 Å². The number of methoxy groups -OCH3 is 1. The first-order chi connectivity index (χ1) is 15.0. The SMILES string of the molecule is CCNC(=O)C[C@@H]1N=C(c2ccc(CC)cc2)c2cc(OC)ccc2-n2c(C)nnc21.[HH]. The van der Waals surface area contributed by atoms with Crippen LogP contribution >= 0.6 is 0 Å². The fourth-order valence-corrected chi connectivity index (χ4v) is 3.91. The number of aliphatic imine (C=N–C) groups is 1. The van der Waals surface area contributed by atoms with E-state index in [1.165, 1.54) is 5.56 Å². The Hall–Kier alpha value is -3.48. The quantitative estimate of drug-likeness (QED) is 0.659. The highest BCUT2D eigenvalue weighted by molar-refractivity contribution is 6.15. The summed E-state index contributed by atoms with van der Waals surface area (Å²) in [6.07, 6.45) is 1.17. The zero-order valence-electron chi connectivity index (χ0n) is 18.3. The zero-order valence-corrected chi connectivity index (χ0v) is 18.3. The molecule has 1 atom stereocenters. The molecule has 0 radical (unpaired) electrons. The van der Waals surface area contributed by atoms with Gasteiger partial charge in [0.05, 0.1) is 24.9 Å². The van der Waals surface area contributed by atoms with Crippen LogP contribution in [-0.2, 0) is 11.2 Å². The minimum Gasteiger partial charge on any atom is -0.497 e. The predicted molar refractivity (Wildman–Crippen MR) is 122 cm³/mol. The number of amides is 1. The van der Waals surface area contributed by atoms with Gasteiger partial charge in [0.25, 0.3) is 0 Å². The van der Waals surface area contributed by atoms with Crippen molar-refractivity contribution in [1.29, 1.82) is 0 Å². The average molecular weight is 420 g/mol. The molecule has 0 saturated carbocycles. The van der Waals surface area contributed by atoms with Crippen molar-refractivity contribution in [2.24, 2.45) is 4.99 Å². The molecule has 0 spiro atoms. The Labute approximate surface area is 183 Å². The number of nitrogens with zero attached hydrogens (tertiary/aromatic N) is 4. The zero-order chi connectivity index (χ0) is 22.0. The molecule has 0 unspecified atom stereocenters. The van der Waals surface area contributed by atoms with Crippen LogP contribution in [0.15, 0.2) is 47.5 Å². The van der Waals surface area contributed by atoms with Crippen LogP contribution in [0.3, 0.4) is 0 Å². The van der Waals surface area contributed by atoms with Gasteiger partial charge in [0.2, 0.25) is 5.91 Å². The summed E-state index contributed by atoms with van der Waals surface area (Å²) in [7, 11) is 1.65. The van der Waals surface area contributed by atoms with Gasteiger partial charge < -0.3 is 10.1 Å². The number of hydrogen-bond acceptors (Lipinski definition) is 5. The molecular formula is C24H29N5O2. The smallest absolute Gasteiger partial charge is 0.222 e. The van der Waals surface area contributed by atoms with Crippen LogP contribution in [-0.4, -0.2) is 40.0 Å². The minimum absolute atomic E-state index is 0. The van der Waals surface area contributed by atoms with E-state index in [2.05, 4.69) is 46.7 Å². The number of nitrogens with one attached hydrogen (secondary N) is 1. The number of benzene rings is 2. The fraction of sp³-hybridized carbons (Fsp3) is 0.333. The van der Waals surface area contributed by atoms with E-state index in [-0.39, 0.29) is 13.8 Å². The summed E-state index contributed by atoms with van der Waals surface area (Å²) < 4.78 is 7.50. The molecule has 1 amide bonds. The number of ether oxygens (including phenoxy) is 1. The Kier molecular flexibility index (Phi) is 5.84. The summed E-state index contributed by atoms with van der Waals surface area (Å²) in [5.41, 5.74) is 4.91. The molecule has 0 aliphatic carbocycles. The van der Waals surface area contributed by atoms with Crippen LogP contribution in [0.4, 0.5) is 0 Å². The van der Waals surface area contributed by atoms with Crippen molar-refractivity contribution < 1.29 is 11.0 Å². The molecule has 31 heavy (non-hydrogen) atoms. The first kappa shape index (κ1) is 20.8. The van der Waals surface area contributed by atoms with Crippen LogP contribution in [0, 0.1) is 6.92 Å². The second kappa shape index (κ2) is 8.71. The minimum atomic E-state index is -0.452. The van der Waals surface area contributed by atoms with Gasteiger partial charge in [-0.1, -0.05) is 31.2 Å². The van der Waals surface area contributed by atoms with E-state index in [4.69, 9.17) is 9.73 Å². The maximum atomic E-state index is 12.5. The van der Waals surface area contributed by atoms with Crippen molar-refractivity contribution in [3.05, 3.63) is 70.8 Å². The Bertz CT molecular complexity index is 1140. The standard InChI is InChI=1S/C24H27N5O2.H2/c1-5-16-7-9-17(10-8-16)23-19-13-18(31-4)11-12-21(19)29-15(3)27-28-24(29)20(26-23)14-22(30)25-6-2;/h7-13,20H,5-6,14H2,1-4H3,(H,25,30);1H/t20-;/m0./s1. The molecule has 1 aliphatic heterocycles. The molecule has 1 N–H and O–H groups in total. The van der Waals surface area contributed by atoms with Gasteiger partial charge in [-0.2, -0.15) is 0 Å². The molecule has 2 aromatic carbocycles. The summed E-state index contributed by atoms with van der Waals surface area (Å²) in [4.78, 5) is 17.6. The number of carbonyl (C=O) groups excluding carboxylic acids is 1. The second-order valence-electron chi connectivity index (χ2n) is 7.53. The topological polar surface area (TPSA) is 81.4 Å². The van der Waals surface area contributed by atoms with Crippen LogP contribution in [0.1, 0.15) is 56.1 Å². The molecule has 3 aromatic rings. The highest BCUT2D eigenvalue weighted by atomic mass is 16.5. The number of hydrogen-bond donors (Lipinski definition) is 1. The third-order valence-electron chi connectivity index (χ3n) is 5.52. The van der Waals surface area contributed by atoms with E-state index in [0.717, 1.165) is 40.5 Å². The third-order valence-corrected chi connectivity index (χ3v) is 5.52. The number of fused-ring (bicyclic) bond motifs is 3. The van der Waals surface area contributed by atoms with Gasteiger partial charge in [-0.15, -0.1) is 10.2 Å². The van der Waals surface area contributed by atoms with Crippen molar-refractivity contribution in [3.8, 4) is 11.4 Å². The van der Waals surface area contributed by atoms with E-state index in [0.29, 0.717) is 12.4 Å². The van der Waals surface area contributed by atoms with Gasteiger partial charge in [-0.3, -0.25) is 14.4 Å². The number of aryl methyl sites for hydroxylation is 2. The van der Waals surface area contributed by atoms with Crippen LogP contribution in [0.2, 0.25) is 0 Å². The second-order valence-corrected chi connectivity index (χ2v) is 7.53. The molecule has 0 fully saturated rings. The molecule has 7 nitrogen and oxygen atoms in total. The Balaban J connectivity index is 0.00000289. The Morgan fingerprint density at radius 1 is 1.16 bits per heavy atom. The van der Waals surface area contributed by atoms with Crippen molar-refractivity contribution >= 4 is 11.6 Å². The van der Waals surface area contributed by atoms with Gasteiger partial charge in [0, 0.05) is 19.1 Å². The predicted octanol–water partition coefficient (Wildman–Crippen LogP) is 3.81. The van der Waals surface area contributed by atoms with Crippen LogP contribution < -0.4 is 10.1 Å². The van der Waals surface area contributed by atoms with Crippen molar-refractivity contribution in [2.45, 2.75) is 39.7 Å². The lowest BCUT2D eigenvalue weighted by atomic mass is 9.98. The summed E-state index contributed by atoms with van der Waals surface area (Å²) >= 11 is 0. The molecule has 1 aliphatic rings. The molecule has 4 rings (SSSR count). The largest absolute Gasteiger partial charge is 0.497 e. The lowest BCUT2D eigenvalue weighted by Crippen LogP contribution is -2.25. The Morgan fingerprint density at radius 2 is 1.94 bits per heavy atom. The van der Waals surface area contributed by atoms with Crippen molar-refractivity contribution in [1.82, 2.24) is 20.1 Å². The van der Waals surface area contributed by atoms with Crippen LogP contribution in [0.25, 0.3) is 5.69 Å². The lowest BCUT2D eigenvalue weighted by Gasteiger charge is -2.14. The van der Waals surface area contributed by atoms with Gasteiger partial charge in [0.15, 0.2) is 5.82 Å². The van der Waals surface area contributed by atoms with Crippen molar-refractivity contribution in [3.63, 3.8) is 0 Å².